The lowest BCUT2D eigenvalue weighted by molar-refractivity contribution is 0.140. The summed E-state index contributed by atoms with van der Waals surface area (Å²) in [6, 6.07) is 0.504. The fourth-order valence-electron chi connectivity index (χ4n) is 4.85. The maximum Gasteiger partial charge on any atom is 0.156 e. The van der Waals surface area contributed by atoms with Gasteiger partial charge in [0.15, 0.2) is 5.82 Å². The molecular formula is C25H40N6. The first-order valence-corrected chi connectivity index (χ1v) is 11.8. The Morgan fingerprint density at radius 2 is 1.81 bits per heavy atom. The fourth-order valence-corrected chi connectivity index (χ4v) is 4.85. The number of hydrogen-bond donors (Lipinski definition) is 1. The van der Waals surface area contributed by atoms with Gasteiger partial charge in [0.05, 0.1) is 5.69 Å². The molecule has 1 N–H and O–H groups in total. The molecular weight excluding hydrogens is 384 g/mol. The minimum absolute atomic E-state index is 0.504. The van der Waals surface area contributed by atoms with Crippen LogP contribution in [0.15, 0.2) is 24.0 Å². The maximum absolute atomic E-state index is 4.50. The maximum atomic E-state index is 4.50. The summed E-state index contributed by atoms with van der Waals surface area (Å²) in [6.07, 6.45) is 11.6. The van der Waals surface area contributed by atoms with Crippen molar-refractivity contribution in [2.45, 2.75) is 52.5 Å². The van der Waals surface area contributed by atoms with Crippen LogP contribution in [0.3, 0.4) is 0 Å². The predicted octanol–water partition coefficient (Wildman–Crippen LogP) is 2.32. The van der Waals surface area contributed by atoms with E-state index in [9.17, 15) is 0 Å². The molecule has 6 nitrogen and oxygen atoms in total. The number of nitrogens with zero attached hydrogens (tertiary/aromatic N) is 5. The minimum atomic E-state index is 0.504. The number of aryl methyl sites for hydroxylation is 1. The SMILES string of the molecule is C=C([C@@H]1CCCCN1C)N1CCN(C(=C\CC)/C=c2/c(NC)nnc(C)/c2=C/C)CC1. The van der Waals surface area contributed by atoms with Crippen molar-refractivity contribution >= 4 is 18.0 Å². The summed E-state index contributed by atoms with van der Waals surface area (Å²) in [5.41, 5.74) is 3.54. The zero-order chi connectivity index (χ0) is 22.4. The number of hydrogen-bond acceptors (Lipinski definition) is 6. The molecule has 31 heavy (non-hydrogen) atoms. The molecule has 0 radical (unpaired) electrons. The van der Waals surface area contributed by atoms with Crippen molar-refractivity contribution in [1.29, 1.82) is 0 Å². The standard InChI is InChI=1S/C25H40N6/c1-7-11-21(18-23-22(8-2)19(3)27-28-25(23)26-5)31-16-14-30(15-17-31)20(4)24-12-9-10-13-29(24)6/h8,11,18,24H,4,7,9-10,12-17H2,1-3,5-6H3,(H,26,28)/b21-11-,22-8-,23-18+/t24-/m0/s1. The number of rotatable bonds is 6. The molecule has 1 aromatic rings. The van der Waals surface area contributed by atoms with Gasteiger partial charge in [-0.25, -0.2) is 0 Å². The minimum Gasteiger partial charge on any atom is -0.371 e. The Balaban J connectivity index is 1.80. The highest BCUT2D eigenvalue weighted by molar-refractivity contribution is 5.54. The number of nitrogens with one attached hydrogen (secondary N) is 1. The summed E-state index contributed by atoms with van der Waals surface area (Å²) in [5, 5.41) is 14.2. The highest BCUT2D eigenvalue weighted by atomic mass is 15.3. The lowest BCUT2D eigenvalue weighted by atomic mass is 9.99. The van der Waals surface area contributed by atoms with E-state index < -0.39 is 0 Å². The van der Waals surface area contributed by atoms with E-state index in [4.69, 9.17) is 0 Å². The van der Waals surface area contributed by atoms with Crippen LogP contribution in [-0.4, -0.2) is 77.8 Å². The summed E-state index contributed by atoms with van der Waals surface area (Å²) in [4.78, 5) is 7.50. The third kappa shape index (κ3) is 5.29. The van der Waals surface area contributed by atoms with Crippen LogP contribution in [0.1, 0.15) is 45.2 Å². The molecule has 0 bridgehead atoms. The fraction of sp³-hybridized carbons (Fsp3) is 0.600. The van der Waals surface area contributed by atoms with E-state index >= 15 is 0 Å². The van der Waals surface area contributed by atoms with Gasteiger partial charge in [0, 0.05) is 61.1 Å². The number of anilines is 1. The molecule has 170 valence electrons. The van der Waals surface area contributed by atoms with Crippen molar-refractivity contribution in [3.8, 4) is 0 Å². The van der Waals surface area contributed by atoms with E-state index in [2.05, 4.69) is 75.9 Å². The van der Waals surface area contributed by atoms with Crippen molar-refractivity contribution < 1.29 is 0 Å². The number of likely N-dealkylation sites (N-methyl/N-ethyl adjacent to an activating group) is 1. The summed E-state index contributed by atoms with van der Waals surface area (Å²) in [6.45, 7) is 16.0. The quantitative estimate of drug-likeness (QED) is 0.756. The number of aromatic nitrogens is 2. The summed E-state index contributed by atoms with van der Waals surface area (Å²) in [7, 11) is 4.15. The van der Waals surface area contributed by atoms with E-state index in [0.717, 1.165) is 54.5 Å². The van der Waals surface area contributed by atoms with Gasteiger partial charge in [-0.3, -0.25) is 4.90 Å². The molecule has 6 heteroatoms. The van der Waals surface area contributed by atoms with Crippen LogP contribution in [0.4, 0.5) is 5.82 Å². The summed E-state index contributed by atoms with van der Waals surface area (Å²) < 4.78 is 0. The van der Waals surface area contributed by atoms with Crippen molar-refractivity contribution in [2.24, 2.45) is 0 Å². The van der Waals surface area contributed by atoms with Gasteiger partial charge < -0.3 is 15.1 Å². The normalized spacial score (nSPS) is 22.2. The average molecular weight is 425 g/mol. The molecule has 2 saturated heterocycles. The Morgan fingerprint density at radius 3 is 2.42 bits per heavy atom. The second-order valence-corrected chi connectivity index (χ2v) is 8.64. The Labute approximate surface area is 188 Å². The van der Waals surface area contributed by atoms with Crippen molar-refractivity contribution in [1.82, 2.24) is 24.9 Å². The van der Waals surface area contributed by atoms with E-state index in [1.807, 2.05) is 14.0 Å². The van der Waals surface area contributed by atoms with E-state index in [1.54, 1.807) is 0 Å². The highest BCUT2D eigenvalue weighted by Gasteiger charge is 2.27. The third-order valence-corrected chi connectivity index (χ3v) is 6.67. The van der Waals surface area contributed by atoms with Gasteiger partial charge in [-0.05, 0) is 52.8 Å². The molecule has 0 saturated carbocycles. The van der Waals surface area contributed by atoms with E-state index in [1.165, 1.54) is 37.2 Å². The molecule has 0 amide bonds. The molecule has 3 rings (SSSR count). The molecule has 2 aliphatic rings. The molecule has 1 atom stereocenters. The second kappa shape index (κ2) is 10.8. The van der Waals surface area contributed by atoms with Crippen molar-refractivity contribution in [2.75, 3.05) is 52.1 Å². The van der Waals surface area contributed by atoms with E-state index in [-0.39, 0.29) is 0 Å². The zero-order valence-electron chi connectivity index (χ0n) is 20.1. The predicted molar refractivity (Wildman–Crippen MR) is 131 cm³/mol. The number of piperidine rings is 1. The van der Waals surface area contributed by atoms with Gasteiger partial charge in [0.2, 0.25) is 0 Å². The molecule has 0 aromatic carbocycles. The van der Waals surface area contributed by atoms with Gasteiger partial charge in [-0.1, -0.05) is 32.1 Å². The van der Waals surface area contributed by atoms with Gasteiger partial charge in [0.25, 0.3) is 0 Å². The smallest absolute Gasteiger partial charge is 0.156 e. The monoisotopic (exact) mass is 424 g/mol. The molecule has 1 aromatic heterocycles. The first-order valence-electron chi connectivity index (χ1n) is 11.8. The number of allylic oxidation sites excluding steroid dienone is 2. The topological polar surface area (TPSA) is 47.5 Å². The molecule has 2 fully saturated rings. The van der Waals surface area contributed by atoms with Crippen LogP contribution in [0.25, 0.3) is 12.2 Å². The van der Waals surface area contributed by atoms with Crippen molar-refractivity contribution in [3.05, 3.63) is 40.2 Å². The molecule has 3 heterocycles. The first-order chi connectivity index (χ1) is 15.0. The second-order valence-electron chi connectivity index (χ2n) is 8.64. The van der Waals surface area contributed by atoms with Crippen LogP contribution >= 0.6 is 0 Å². The summed E-state index contributed by atoms with van der Waals surface area (Å²) >= 11 is 0. The zero-order valence-corrected chi connectivity index (χ0v) is 20.1. The average Bonchev–Trinajstić information content (AvgIpc) is 2.79. The lowest BCUT2D eigenvalue weighted by Gasteiger charge is -2.43. The van der Waals surface area contributed by atoms with Crippen molar-refractivity contribution in [3.63, 3.8) is 0 Å². The molecule has 2 aliphatic heterocycles. The Kier molecular flexibility index (Phi) is 8.13. The van der Waals surface area contributed by atoms with Crippen LogP contribution in [0, 0.1) is 6.92 Å². The van der Waals surface area contributed by atoms with Crippen LogP contribution in [-0.2, 0) is 0 Å². The molecule has 0 aliphatic carbocycles. The van der Waals surface area contributed by atoms with Crippen LogP contribution in [0.2, 0.25) is 0 Å². The summed E-state index contributed by atoms with van der Waals surface area (Å²) in [5.74, 6) is 0.827. The molecule has 0 unspecified atom stereocenters. The largest absolute Gasteiger partial charge is 0.371 e. The Morgan fingerprint density at radius 1 is 1.10 bits per heavy atom. The first kappa shape index (κ1) is 23.3. The van der Waals surface area contributed by atoms with Gasteiger partial charge in [0.1, 0.15) is 0 Å². The van der Waals surface area contributed by atoms with Gasteiger partial charge in [-0.2, -0.15) is 5.10 Å². The Hall–Kier alpha value is -2.34. The number of piperazine rings is 1. The van der Waals surface area contributed by atoms with E-state index in [0.29, 0.717) is 6.04 Å². The number of likely N-dealkylation sites (tertiary alicyclic amines) is 1. The van der Waals surface area contributed by atoms with Gasteiger partial charge in [-0.15, -0.1) is 5.10 Å². The third-order valence-electron chi connectivity index (χ3n) is 6.67. The Bertz CT molecular complexity index is 911. The van der Waals surface area contributed by atoms with Crippen LogP contribution in [0.5, 0.6) is 0 Å². The lowest BCUT2D eigenvalue weighted by Crippen LogP contribution is -2.49. The van der Waals surface area contributed by atoms with Gasteiger partial charge >= 0.3 is 0 Å². The van der Waals surface area contributed by atoms with Crippen LogP contribution < -0.4 is 15.8 Å². The highest BCUT2D eigenvalue weighted by Crippen LogP contribution is 2.24. The molecule has 0 spiro atoms.